The van der Waals surface area contributed by atoms with Crippen LogP contribution >= 0.6 is 0 Å². The summed E-state index contributed by atoms with van der Waals surface area (Å²) in [5.74, 6) is 1.18. The number of ether oxygens (including phenoxy) is 3. The van der Waals surface area contributed by atoms with Crippen LogP contribution in [0.25, 0.3) is 10.9 Å². The number of benzene rings is 2. The van der Waals surface area contributed by atoms with Crippen molar-refractivity contribution < 1.29 is 23.0 Å². The molecule has 10 heteroatoms. The topological polar surface area (TPSA) is 74.9 Å². The van der Waals surface area contributed by atoms with Crippen molar-refractivity contribution in [3.63, 3.8) is 0 Å². The van der Waals surface area contributed by atoms with Gasteiger partial charge in [-0.25, -0.2) is 13.6 Å². The van der Waals surface area contributed by atoms with E-state index < -0.39 is 24.3 Å². The zero-order valence-electron chi connectivity index (χ0n) is 20.7. The maximum absolute atomic E-state index is 13.8. The molecule has 3 aromatic rings. The molecule has 0 bridgehead atoms. The molecule has 0 spiro atoms. The Bertz CT molecular complexity index is 1330. The van der Waals surface area contributed by atoms with E-state index in [1.165, 1.54) is 30.9 Å². The van der Waals surface area contributed by atoms with Crippen molar-refractivity contribution in [2.45, 2.75) is 38.8 Å². The lowest BCUT2D eigenvalue weighted by atomic mass is 10.0. The van der Waals surface area contributed by atoms with Crippen molar-refractivity contribution in [2.24, 2.45) is 0 Å². The van der Waals surface area contributed by atoms with E-state index in [1.54, 1.807) is 28.8 Å². The number of hydrogen-bond acceptors (Lipinski definition) is 6. The third-order valence-corrected chi connectivity index (χ3v) is 6.67. The number of nitrogens with zero attached hydrogens (tertiary/aromatic N) is 3. The molecule has 0 unspecified atom stereocenters. The minimum absolute atomic E-state index is 0.0177. The van der Waals surface area contributed by atoms with Crippen molar-refractivity contribution in [1.82, 2.24) is 14.0 Å². The lowest BCUT2D eigenvalue weighted by molar-refractivity contribution is 0.0819. The van der Waals surface area contributed by atoms with Crippen LogP contribution < -0.4 is 25.5 Å². The molecule has 194 valence electrons. The number of hydrogen-bond donors (Lipinski definition) is 0. The third kappa shape index (κ3) is 5.23. The van der Waals surface area contributed by atoms with E-state index >= 15 is 0 Å². The van der Waals surface area contributed by atoms with E-state index in [0.717, 1.165) is 32.5 Å². The van der Waals surface area contributed by atoms with Gasteiger partial charge in [-0.15, -0.1) is 0 Å². The van der Waals surface area contributed by atoms with E-state index in [-0.39, 0.29) is 23.7 Å². The summed E-state index contributed by atoms with van der Waals surface area (Å²) in [6.45, 7) is 3.97. The Morgan fingerprint density at radius 3 is 2.36 bits per heavy atom. The van der Waals surface area contributed by atoms with Gasteiger partial charge < -0.3 is 19.1 Å². The smallest absolute Gasteiger partial charge is 0.332 e. The molecule has 1 aromatic heterocycles. The van der Waals surface area contributed by atoms with Gasteiger partial charge in [-0.1, -0.05) is 13.0 Å². The quantitative estimate of drug-likeness (QED) is 0.445. The standard InChI is InChI=1S/C26H31F2N3O5/c1-4-29-11-9-18(10-12-29)31-21-7-6-19(36-16-24(27)28)14-20(21)25(32)30(26(31)33)15-17-5-8-22(34-2)23(13-17)35-3/h5-8,13-14,18,24H,4,9-12,15-16H2,1-3H3. The molecule has 2 heterocycles. The molecule has 0 amide bonds. The van der Waals surface area contributed by atoms with Gasteiger partial charge in [0.1, 0.15) is 12.4 Å². The molecule has 1 aliphatic heterocycles. The van der Waals surface area contributed by atoms with Crippen LogP contribution in [0.3, 0.4) is 0 Å². The molecule has 4 rings (SSSR count). The first-order valence-electron chi connectivity index (χ1n) is 12.0. The Morgan fingerprint density at radius 1 is 1.00 bits per heavy atom. The van der Waals surface area contributed by atoms with Gasteiger partial charge >= 0.3 is 5.69 Å². The predicted molar refractivity (Wildman–Crippen MR) is 133 cm³/mol. The van der Waals surface area contributed by atoms with Gasteiger partial charge in [0.2, 0.25) is 0 Å². The van der Waals surface area contributed by atoms with Crippen LogP contribution in [0.5, 0.6) is 17.2 Å². The van der Waals surface area contributed by atoms with Crippen LogP contribution in [0.4, 0.5) is 8.78 Å². The van der Waals surface area contributed by atoms with Gasteiger partial charge in [-0.2, -0.15) is 0 Å². The highest BCUT2D eigenvalue weighted by Gasteiger charge is 2.25. The Kier molecular flexibility index (Phi) is 7.93. The first-order chi connectivity index (χ1) is 17.4. The second-order valence-corrected chi connectivity index (χ2v) is 8.78. The molecule has 0 aliphatic carbocycles. The summed E-state index contributed by atoms with van der Waals surface area (Å²) in [5, 5.41) is 0.250. The number of halogens is 2. The van der Waals surface area contributed by atoms with Crippen molar-refractivity contribution in [3.8, 4) is 17.2 Å². The molecule has 0 saturated carbocycles. The number of alkyl halides is 2. The maximum Gasteiger partial charge on any atom is 0.332 e. The molecule has 1 fully saturated rings. The number of rotatable bonds is 9. The van der Waals surface area contributed by atoms with Crippen LogP contribution in [-0.4, -0.2) is 60.9 Å². The maximum atomic E-state index is 13.8. The van der Waals surface area contributed by atoms with Crippen molar-refractivity contribution in [3.05, 3.63) is 62.8 Å². The second kappa shape index (κ2) is 11.1. The second-order valence-electron chi connectivity index (χ2n) is 8.78. The molecule has 36 heavy (non-hydrogen) atoms. The van der Waals surface area contributed by atoms with E-state index in [4.69, 9.17) is 14.2 Å². The van der Waals surface area contributed by atoms with Gasteiger partial charge in [-0.05, 0) is 55.3 Å². The predicted octanol–water partition coefficient (Wildman–Crippen LogP) is 3.53. The number of likely N-dealkylation sites (tertiary alicyclic amines) is 1. The molecular formula is C26H31F2N3O5. The van der Waals surface area contributed by atoms with Gasteiger partial charge in [0, 0.05) is 19.1 Å². The first-order valence-corrected chi connectivity index (χ1v) is 12.0. The Morgan fingerprint density at radius 2 is 1.72 bits per heavy atom. The third-order valence-electron chi connectivity index (χ3n) is 6.67. The van der Waals surface area contributed by atoms with Crippen molar-refractivity contribution in [1.29, 1.82) is 0 Å². The van der Waals surface area contributed by atoms with Crippen LogP contribution in [0.1, 0.15) is 31.4 Å². The SMILES string of the molecule is CCN1CCC(n2c(=O)n(Cc3ccc(OC)c(OC)c3)c(=O)c3cc(OCC(F)F)ccc32)CC1. The zero-order chi connectivity index (χ0) is 25.8. The van der Waals surface area contributed by atoms with Gasteiger partial charge in [-0.3, -0.25) is 13.9 Å². The molecule has 0 radical (unpaired) electrons. The Hall–Kier alpha value is -3.40. The zero-order valence-corrected chi connectivity index (χ0v) is 20.7. The van der Waals surface area contributed by atoms with Crippen molar-refractivity contribution in [2.75, 3.05) is 40.5 Å². The minimum Gasteiger partial charge on any atom is -0.493 e. The number of aromatic nitrogens is 2. The fourth-order valence-corrected chi connectivity index (χ4v) is 4.76. The molecule has 1 aliphatic rings. The number of fused-ring (bicyclic) bond motifs is 1. The van der Waals surface area contributed by atoms with Crippen LogP contribution in [0.2, 0.25) is 0 Å². The van der Waals surface area contributed by atoms with Crippen LogP contribution in [-0.2, 0) is 6.54 Å². The Labute approximate surface area is 207 Å². The molecule has 8 nitrogen and oxygen atoms in total. The largest absolute Gasteiger partial charge is 0.493 e. The highest BCUT2D eigenvalue weighted by atomic mass is 19.3. The normalized spacial score (nSPS) is 14.9. The summed E-state index contributed by atoms with van der Waals surface area (Å²) in [5.41, 5.74) is 0.254. The fraction of sp³-hybridized carbons (Fsp3) is 0.462. The summed E-state index contributed by atoms with van der Waals surface area (Å²) < 4.78 is 44.1. The van der Waals surface area contributed by atoms with Crippen LogP contribution in [0.15, 0.2) is 46.0 Å². The summed E-state index contributed by atoms with van der Waals surface area (Å²) in [4.78, 5) is 29.6. The summed E-state index contributed by atoms with van der Waals surface area (Å²) in [7, 11) is 3.04. The molecule has 2 aromatic carbocycles. The summed E-state index contributed by atoms with van der Waals surface area (Å²) in [6.07, 6.45) is -1.11. The van der Waals surface area contributed by atoms with Crippen molar-refractivity contribution >= 4 is 10.9 Å². The summed E-state index contributed by atoms with van der Waals surface area (Å²) in [6, 6.07) is 9.71. The lowest BCUT2D eigenvalue weighted by Crippen LogP contribution is -2.44. The van der Waals surface area contributed by atoms with E-state index in [1.807, 2.05) is 0 Å². The van der Waals surface area contributed by atoms with Gasteiger partial charge in [0.15, 0.2) is 11.5 Å². The average Bonchev–Trinajstić information content (AvgIpc) is 2.90. The highest BCUT2D eigenvalue weighted by Crippen LogP contribution is 2.29. The molecule has 0 N–H and O–H groups in total. The monoisotopic (exact) mass is 503 g/mol. The highest BCUT2D eigenvalue weighted by molar-refractivity contribution is 5.80. The van der Waals surface area contributed by atoms with Gasteiger partial charge in [0.25, 0.3) is 12.0 Å². The Balaban J connectivity index is 1.84. The van der Waals surface area contributed by atoms with Crippen LogP contribution in [0, 0.1) is 0 Å². The lowest BCUT2D eigenvalue weighted by Gasteiger charge is -2.33. The van der Waals surface area contributed by atoms with E-state index in [2.05, 4.69) is 11.8 Å². The van der Waals surface area contributed by atoms with E-state index in [0.29, 0.717) is 22.6 Å². The number of methoxy groups -OCH3 is 2. The van der Waals surface area contributed by atoms with Gasteiger partial charge in [0.05, 0.1) is 31.7 Å². The molecule has 1 saturated heterocycles. The fourth-order valence-electron chi connectivity index (χ4n) is 4.76. The first kappa shape index (κ1) is 25.7. The number of piperidine rings is 1. The van der Waals surface area contributed by atoms with E-state index in [9.17, 15) is 18.4 Å². The average molecular weight is 504 g/mol. The molecule has 0 atom stereocenters. The minimum atomic E-state index is -2.64. The summed E-state index contributed by atoms with van der Waals surface area (Å²) >= 11 is 0. The molecular weight excluding hydrogens is 472 g/mol.